The lowest BCUT2D eigenvalue weighted by Crippen LogP contribution is -2.62. The lowest BCUT2D eigenvalue weighted by Gasteiger charge is -2.48. The van der Waals surface area contributed by atoms with E-state index in [-0.39, 0.29) is 48.0 Å². The lowest BCUT2D eigenvalue weighted by molar-refractivity contribution is -0.138. The molecule has 0 radical (unpaired) electrons. The molecule has 8 heteroatoms. The lowest BCUT2D eigenvalue weighted by atomic mass is 9.79. The fourth-order valence-electron chi connectivity index (χ4n) is 7.61. The van der Waals surface area contributed by atoms with Crippen molar-refractivity contribution in [1.82, 2.24) is 19.6 Å². The van der Waals surface area contributed by atoms with Gasteiger partial charge in [0, 0.05) is 50.2 Å². The molecule has 208 valence electrons. The zero-order chi connectivity index (χ0) is 27.4. The quantitative estimate of drug-likeness (QED) is 0.523. The Morgan fingerprint density at radius 3 is 2.24 bits per heavy atom. The monoisotopic (exact) mass is 524 g/mol. The highest BCUT2D eigenvalue weighted by Gasteiger charge is 2.63. The first-order valence-electron chi connectivity index (χ1n) is 14.4. The van der Waals surface area contributed by atoms with Gasteiger partial charge in [0.15, 0.2) is 0 Å². The molecule has 8 nitrogen and oxygen atoms in total. The van der Waals surface area contributed by atoms with Crippen molar-refractivity contribution in [3.63, 3.8) is 0 Å². The Morgan fingerprint density at radius 2 is 1.68 bits per heavy atom. The number of fused-ring (bicyclic) bond motifs is 2. The van der Waals surface area contributed by atoms with Crippen LogP contribution >= 0.6 is 0 Å². The summed E-state index contributed by atoms with van der Waals surface area (Å²) in [4.78, 5) is 47.7. The number of carbonyl (C=O) groups is 3. The smallest absolute Gasteiger partial charge is 0.410 e. The molecule has 38 heavy (non-hydrogen) atoms. The van der Waals surface area contributed by atoms with Crippen LogP contribution in [0.25, 0.3) is 0 Å². The second-order valence-corrected chi connectivity index (χ2v) is 13.0. The summed E-state index contributed by atoms with van der Waals surface area (Å²) in [7, 11) is 0. The van der Waals surface area contributed by atoms with Gasteiger partial charge in [-0.3, -0.25) is 14.6 Å². The minimum atomic E-state index is -0.722. The molecule has 0 N–H and O–H groups in total. The van der Waals surface area contributed by atoms with Crippen LogP contribution in [0.2, 0.25) is 0 Å². The number of likely N-dealkylation sites (N-methyl/N-ethyl adjacent to an activating group) is 1. The first-order chi connectivity index (χ1) is 17.9. The molecule has 1 spiro atoms. The van der Waals surface area contributed by atoms with E-state index in [1.54, 1.807) is 0 Å². The SMILES string of the molecule is CCN1C(=O)N(C(C)C)C2(CC3CCC(C2)N3C[C@H]2CN(C(=O)OC(C)(C)C)C[C@@H]2c2ccccc2)C1=O. The Bertz CT molecular complexity index is 1050. The Hall–Kier alpha value is -2.61. The molecular weight excluding hydrogens is 480 g/mol. The molecule has 4 aliphatic rings. The Kier molecular flexibility index (Phi) is 6.99. The molecular formula is C30H44N4O4. The standard InChI is InChI=1S/C30H44N4O4/c1-7-32-26(35)30(34(20(2)3)27(32)36)15-23-13-14-24(16-30)33(23)18-22-17-31(28(37)38-29(4,5)6)19-25(22)21-11-9-8-10-12-21/h8-12,20,22-25H,7,13-19H2,1-6H3/t22-,23?,24?,25-,30?/m1/s1. The van der Waals surface area contributed by atoms with Gasteiger partial charge in [-0.25, -0.2) is 9.59 Å². The normalized spacial score (nSPS) is 31.8. The first kappa shape index (κ1) is 27.0. The molecule has 4 heterocycles. The van der Waals surface area contributed by atoms with Gasteiger partial charge in [0.05, 0.1) is 0 Å². The maximum Gasteiger partial charge on any atom is 0.410 e. The first-order valence-corrected chi connectivity index (χ1v) is 14.4. The molecule has 4 aliphatic heterocycles. The molecule has 2 bridgehead atoms. The topological polar surface area (TPSA) is 73.4 Å². The van der Waals surface area contributed by atoms with Gasteiger partial charge in [-0.2, -0.15) is 0 Å². The van der Waals surface area contributed by atoms with Crippen molar-refractivity contribution in [2.24, 2.45) is 5.92 Å². The third-order valence-electron chi connectivity index (χ3n) is 9.06. The molecule has 4 atom stereocenters. The van der Waals surface area contributed by atoms with Gasteiger partial charge in [0.2, 0.25) is 0 Å². The zero-order valence-corrected chi connectivity index (χ0v) is 23.9. The van der Waals surface area contributed by atoms with Crippen molar-refractivity contribution in [2.45, 2.75) is 102 Å². The summed E-state index contributed by atoms with van der Waals surface area (Å²) >= 11 is 0. The predicted molar refractivity (Wildman–Crippen MR) is 146 cm³/mol. The van der Waals surface area contributed by atoms with Gasteiger partial charge in [0.25, 0.3) is 5.91 Å². The van der Waals surface area contributed by atoms with Crippen LogP contribution in [0, 0.1) is 5.92 Å². The highest BCUT2D eigenvalue weighted by atomic mass is 16.6. The number of hydrogen-bond acceptors (Lipinski definition) is 5. The average molecular weight is 525 g/mol. The number of piperidine rings is 1. The molecule has 1 aromatic carbocycles. The number of rotatable bonds is 5. The van der Waals surface area contributed by atoms with Crippen LogP contribution in [0.4, 0.5) is 9.59 Å². The summed E-state index contributed by atoms with van der Waals surface area (Å²) in [6.45, 7) is 14.3. The van der Waals surface area contributed by atoms with Crippen LogP contribution in [-0.4, -0.2) is 93.1 Å². The van der Waals surface area contributed by atoms with Gasteiger partial charge >= 0.3 is 12.1 Å². The number of carbonyl (C=O) groups excluding carboxylic acids is 3. The number of amides is 4. The molecule has 4 saturated heterocycles. The van der Waals surface area contributed by atoms with Gasteiger partial charge in [0.1, 0.15) is 11.1 Å². The maximum absolute atomic E-state index is 13.7. The summed E-state index contributed by atoms with van der Waals surface area (Å²) in [5.41, 5.74) is 0.00340. The second-order valence-electron chi connectivity index (χ2n) is 13.0. The van der Waals surface area contributed by atoms with Crippen LogP contribution in [0.1, 0.15) is 78.7 Å². The van der Waals surface area contributed by atoms with Crippen LogP contribution in [-0.2, 0) is 9.53 Å². The zero-order valence-electron chi connectivity index (χ0n) is 23.9. The van der Waals surface area contributed by atoms with Gasteiger partial charge < -0.3 is 14.5 Å². The van der Waals surface area contributed by atoms with Gasteiger partial charge in [-0.05, 0) is 78.7 Å². The molecule has 1 aromatic rings. The van der Waals surface area contributed by atoms with Gasteiger partial charge in [-0.15, -0.1) is 0 Å². The number of benzene rings is 1. The minimum Gasteiger partial charge on any atom is -0.444 e. The van der Waals surface area contributed by atoms with E-state index >= 15 is 0 Å². The van der Waals surface area contributed by atoms with E-state index in [4.69, 9.17) is 4.74 Å². The Balaban J connectivity index is 1.37. The largest absolute Gasteiger partial charge is 0.444 e. The van der Waals surface area contributed by atoms with Crippen molar-refractivity contribution in [3.05, 3.63) is 35.9 Å². The molecule has 0 aromatic heterocycles. The molecule has 4 fully saturated rings. The van der Waals surface area contributed by atoms with E-state index in [0.717, 1.165) is 19.4 Å². The van der Waals surface area contributed by atoms with Crippen molar-refractivity contribution in [2.75, 3.05) is 26.2 Å². The Labute approximate surface area is 227 Å². The summed E-state index contributed by atoms with van der Waals surface area (Å²) in [5, 5.41) is 0. The van der Waals surface area contributed by atoms with E-state index < -0.39 is 11.1 Å². The van der Waals surface area contributed by atoms with E-state index in [1.165, 1.54) is 10.5 Å². The second kappa shape index (κ2) is 9.85. The molecule has 5 rings (SSSR count). The number of nitrogens with zero attached hydrogens (tertiary/aromatic N) is 4. The molecule has 2 unspecified atom stereocenters. The summed E-state index contributed by atoms with van der Waals surface area (Å²) in [6.07, 6.45) is 3.24. The maximum atomic E-state index is 13.7. The molecule has 0 aliphatic carbocycles. The third kappa shape index (κ3) is 4.59. The summed E-state index contributed by atoms with van der Waals surface area (Å²) < 4.78 is 5.73. The minimum absolute atomic E-state index is 0.00520. The Morgan fingerprint density at radius 1 is 1.05 bits per heavy atom. The fraction of sp³-hybridized carbons (Fsp3) is 0.700. The van der Waals surface area contributed by atoms with E-state index in [2.05, 4.69) is 29.2 Å². The van der Waals surface area contributed by atoms with Crippen LogP contribution in [0.5, 0.6) is 0 Å². The third-order valence-corrected chi connectivity index (χ3v) is 9.06. The molecule has 0 saturated carbocycles. The van der Waals surface area contributed by atoms with Crippen molar-refractivity contribution in [1.29, 1.82) is 0 Å². The number of urea groups is 1. The average Bonchev–Trinajstić information content (AvgIpc) is 3.43. The van der Waals surface area contributed by atoms with Crippen LogP contribution in [0.3, 0.4) is 0 Å². The van der Waals surface area contributed by atoms with E-state index in [0.29, 0.717) is 32.5 Å². The van der Waals surface area contributed by atoms with Crippen LogP contribution < -0.4 is 0 Å². The predicted octanol–water partition coefficient (Wildman–Crippen LogP) is 4.70. The van der Waals surface area contributed by atoms with Crippen molar-refractivity contribution < 1.29 is 19.1 Å². The number of likely N-dealkylation sites (tertiary alicyclic amines) is 1. The number of hydrogen-bond donors (Lipinski definition) is 0. The summed E-state index contributed by atoms with van der Waals surface area (Å²) in [5.74, 6) is 0.502. The van der Waals surface area contributed by atoms with Crippen LogP contribution in [0.15, 0.2) is 30.3 Å². The number of imide groups is 1. The van der Waals surface area contributed by atoms with E-state index in [1.807, 2.05) is 57.4 Å². The van der Waals surface area contributed by atoms with Gasteiger partial charge in [-0.1, -0.05) is 30.3 Å². The van der Waals surface area contributed by atoms with Crippen molar-refractivity contribution >= 4 is 18.0 Å². The number of ether oxygens (including phenoxy) is 1. The van der Waals surface area contributed by atoms with E-state index in [9.17, 15) is 14.4 Å². The fourth-order valence-corrected chi connectivity index (χ4v) is 7.61. The highest BCUT2D eigenvalue weighted by molar-refractivity contribution is 6.07. The highest BCUT2D eigenvalue weighted by Crippen LogP contribution is 2.49. The van der Waals surface area contributed by atoms with Crippen molar-refractivity contribution in [3.8, 4) is 0 Å². The summed E-state index contributed by atoms with van der Waals surface area (Å²) in [6, 6.07) is 10.9. The molecule has 4 amide bonds.